The summed E-state index contributed by atoms with van der Waals surface area (Å²) in [7, 11) is 1.48. The first-order valence-electron chi connectivity index (χ1n) is 8.77. The Bertz CT molecular complexity index is 982. The minimum absolute atomic E-state index is 0.0949. The molecular formula is C20H19FN4O4. The second kappa shape index (κ2) is 9.56. The van der Waals surface area contributed by atoms with E-state index in [0.717, 1.165) is 0 Å². The number of hydroxylamine groups is 1. The number of amides is 1. The monoisotopic (exact) mass is 398 g/mol. The smallest absolute Gasteiger partial charge is 0.312 e. The van der Waals surface area contributed by atoms with Crippen molar-refractivity contribution in [2.75, 3.05) is 13.7 Å². The van der Waals surface area contributed by atoms with Gasteiger partial charge >= 0.3 is 5.91 Å². The molecule has 0 saturated carbocycles. The van der Waals surface area contributed by atoms with Crippen molar-refractivity contribution in [1.29, 1.82) is 0 Å². The quantitative estimate of drug-likeness (QED) is 0.583. The summed E-state index contributed by atoms with van der Waals surface area (Å²) in [5, 5.41) is 0. The molecule has 0 saturated heterocycles. The van der Waals surface area contributed by atoms with Gasteiger partial charge in [-0.05, 0) is 37.3 Å². The van der Waals surface area contributed by atoms with Crippen LogP contribution in [0, 0.1) is 5.82 Å². The summed E-state index contributed by atoms with van der Waals surface area (Å²) >= 11 is 0. The molecule has 2 aromatic heterocycles. The molecule has 150 valence electrons. The Labute approximate surface area is 166 Å². The molecule has 8 nitrogen and oxygen atoms in total. The number of rotatable bonds is 8. The number of nitrogens with one attached hydrogen (secondary N) is 1. The average molecular weight is 398 g/mol. The fraction of sp³-hybridized carbons (Fsp3) is 0.200. The standard InChI is InChI=1S/C20H19FN4O4/c1-3-28-18-7-4-13(11-23-18)17-8-9-22-19(24-17)20(26)25-29-12-14-10-15(27-2)5-6-16(14)21/h4-11H,3,12H2,1-2H3,(H,25,26). The van der Waals surface area contributed by atoms with Crippen molar-refractivity contribution in [3.63, 3.8) is 0 Å². The summed E-state index contributed by atoms with van der Waals surface area (Å²) < 4.78 is 24.1. The van der Waals surface area contributed by atoms with E-state index in [1.54, 1.807) is 24.4 Å². The van der Waals surface area contributed by atoms with E-state index in [9.17, 15) is 9.18 Å². The van der Waals surface area contributed by atoms with Crippen LogP contribution in [0.4, 0.5) is 4.39 Å². The van der Waals surface area contributed by atoms with Crippen LogP contribution in [0.15, 0.2) is 48.8 Å². The molecule has 9 heteroatoms. The Morgan fingerprint density at radius 2 is 2.03 bits per heavy atom. The first kappa shape index (κ1) is 20.2. The van der Waals surface area contributed by atoms with Gasteiger partial charge in [0.1, 0.15) is 18.2 Å². The predicted molar refractivity (Wildman–Crippen MR) is 102 cm³/mol. The Kier molecular flexibility index (Phi) is 6.64. The maximum atomic E-state index is 13.8. The van der Waals surface area contributed by atoms with Crippen molar-refractivity contribution >= 4 is 5.91 Å². The van der Waals surface area contributed by atoms with Gasteiger partial charge in [0.15, 0.2) is 0 Å². The van der Waals surface area contributed by atoms with Crippen molar-refractivity contribution < 1.29 is 23.5 Å². The van der Waals surface area contributed by atoms with Crippen LogP contribution in [0.2, 0.25) is 0 Å². The molecule has 3 rings (SSSR count). The largest absolute Gasteiger partial charge is 0.497 e. The van der Waals surface area contributed by atoms with E-state index in [2.05, 4.69) is 20.4 Å². The first-order valence-corrected chi connectivity index (χ1v) is 8.77. The molecule has 0 aliphatic carbocycles. The van der Waals surface area contributed by atoms with Gasteiger partial charge in [0.25, 0.3) is 0 Å². The molecule has 0 aliphatic heterocycles. The minimum Gasteiger partial charge on any atom is -0.497 e. The molecule has 0 fully saturated rings. The zero-order valence-electron chi connectivity index (χ0n) is 15.9. The number of hydrogen-bond donors (Lipinski definition) is 1. The summed E-state index contributed by atoms with van der Waals surface area (Å²) in [6.07, 6.45) is 3.05. The van der Waals surface area contributed by atoms with Crippen molar-refractivity contribution in [2.24, 2.45) is 0 Å². The van der Waals surface area contributed by atoms with Gasteiger partial charge in [-0.15, -0.1) is 0 Å². The minimum atomic E-state index is -0.658. The highest BCUT2D eigenvalue weighted by Crippen LogP contribution is 2.19. The summed E-state index contributed by atoms with van der Waals surface area (Å²) in [5.41, 5.74) is 3.66. The zero-order valence-corrected chi connectivity index (χ0v) is 15.9. The van der Waals surface area contributed by atoms with Crippen LogP contribution in [0.1, 0.15) is 23.1 Å². The Hall–Kier alpha value is -3.59. The SMILES string of the molecule is CCOc1ccc(-c2ccnc(C(=O)NOCc3cc(OC)ccc3F)n2)cn1. The third-order valence-corrected chi connectivity index (χ3v) is 3.83. The van der Waals surface area contributed by atoms with Gasteiger partial charge in [0.2, 0.25) is 11.7 Å². The van der Waals surface area contributed by atoms with Crippen LogP contribution in [-0.2, 0) is 11.4 Å². The summed E-state index contributed by atoms with van der Waals surface area (Å²) in [6, 6.07) is 9.39. The lowest BCUT2D eigenvalue weighted by atomic mass is 10.2. The summed E-state index contributed by atoms with van der Waals surface area (Å²) in [4.78, 5) is 29.7. The predicted octanol–water partition coefficient (Wildman–Crippen LogP) is 2.95. The van der Waals surface area contributed by atoms with Crippen LogP contribution >= 0.6 is 0 Å². The highest BCUT2D eigenvalue weighted by Gasteiger charge is 2.12. The third kappa shape index (κ3) is 5.23. The summed E-state index contributed by atoms with van der Waals surface area (Å²) in [5.74, 6) is -0.240. The van der Waals surface area contributed by atoms with E-state index in [-0.39, 0.29) is 18.0 Å². The normalized spacial score (nSPS) is 10.4. The highest BCUT2D eigenvalue weighted by atomic mass is 19.1. The van der Waals surface area contributed by atoms with Crippen molar-refractivity contribution in [1.82, 2.24) is 20.4 Å². The lowest BCUT2D eigenvalue weighted by Gasteiger charge is -2.08. The van der Waals surface area contributed by atoms with Crippen molar-refractivity contribution in [3.8, 4) is 22.9 Å². The number of benzene rings is 1. The van der Waals surface area contributed by atoms with Crippen LogP contribution in [0.5, 0.6) is 11.6 Å². The van der Waals surface area contributed by atoms with E-state index in [4.69, 9.17) is 14.3 Å². The van der Waals surface area contributed by atoms with Gasteiger partial charge < -0.3 is 9.47 Å². The van der Waals surface area contributed by atoms with E-state index in [0.29, 0.717) is 29.5 Å². The molecule has 2 heterocycles. The molecule has 0 aliphatic rings. The van der Waals surface area contributed by atoms with E-state index >= 15 is 0 Å². The number of hydrogen-bond acceptors (Lipinski definition) is 7. The number of methoxy groups -OCH3 is 1. The molecule has 29 heavy (non-hydrogen) atoms. The van der Waals surface area contributed by atoms with Gasteiger partial charge in [0.05, 0.1) is 19.4 Å². The number of halogens is 1. The molecular weight excluding hydrogens is 379 g/mol. The summed E-state index contributed by atoms with van der Waals surface area (Å²) in [6.45, 7) is 2.21. The number of ether oxygens (including phenoxy) is 2. The number of carbonyl (C=O) groups is 1. The van der Waals surface area contributed by atoms with Gasteiger partial charge in [0, 0.05) is 29.6 Å². The number of pyridine rings is 1. The van der Waals surface area contributed by atoms with E-state index in [1.165, 1.54) is 31.5 Å². The maximum absolute atomic E-state index is 13.8. The first-order chi connectivity index (χ1) is 14.1. The average Bonchev–Trinajstić information content (AvgIpc) is 2.76. The fourth-order valence-electron chi connectivity index (χ4n) is 2.41. The van der Waals surface area contributed by atoms with Crippen LogP contribution in [0.25, 0.3) is 11.3 Å². The molecule has 1 N–H and O–H groups in total. The topological polar surface area (TPSA) is 95.5 Å². The lowest BCUT2D eigenvalue weighted by Crippen LogP contribution is -2.25. The lowest BCUT2D eigenvalue weighted by molar-refractivity contribution is 0.0215. The molecule has 1 amide bonds. The number of nitrogens with zero attached hydrogens (tertiary/aromatic N) is 3. The van der Waals surface area contributed by atoms with Crippen molar-refractivity contribution in [3.05, 3.63) is 66.0 Å². The molecule has 0 atom stereocenters. The van der Waals surface area contributed by atoms with Crippen LogP contribution in [0.3, 0.4) is 0 Å². The number of carbonyl (C=O) groups excluding carboxylic acids is 1. The van der Waals surface area contributed by atoms with Gasteiger partial charge in [-0.1, -0.05) is 0 Å². The zero-order chi connectivity index (χ0) is 20.6. The fourth-order valence-corrected chi connectivity index (χ4v) is 2.41. The molecule has 0 bridgehead atoms. The molecule has 3 aromatic rings. The van der Waals surface area contributed by atoms with E-state index in [1.807, 2.05) is 6.92 Å². The second-order valence-electron chi connectivity index (χ2n) is 5.76. The molecule has 0 unspecified atom stereocenters. The third-order valence-electron chi connectivity index (χ3n) is 3.83. The molecule has 0 radical (unpaired) electrons. The van der Waals surface area contributed by atoms with Gasteiger partial charge in [-0.2, -0.15) is 0 Å². The highest BCUT2D eigenvalue weighted by molar-refractivity contribution is 5.90. The van der Waals surface area contributed by atoms with Crippen LogP contribution < -0.4 is 15.0 Å². The van der Waals surface area contributed by atoms with Crippen molar-refractivity contribution in [2.45, 2.75) is 13.5 Å². The molecule has 1 aromatic carbocycles. The number of aromatic nitrogens is 3. The van der Waals surface area contributed by atoms with Gasteiger partial charge in [-0.25, -0.2) is 24.8 Å². The second-order valence-corrected chi connectivity index (χ2v) is 5.76. The Balaban J connectivity index is 1.63. The van der Waals surface area contributed by atoms with E-state index < -0.39 is 11.7 Å². The molecule has 0 spiro atoms. The Morgan fingerprint density at radius 3 is 2.76 bits per heavy atom. The van der Waals surface area contributed by atoms with Crippen LogP contribution in [-0.4, -0.2) is 34.6 Å². The Morgan fingerprint density at radius 1 is 1.17 bits per heavy atom. The maximum Gasteiger partial charge on any atom is 0.312 e. The van der Waals surface area contributed by atoms with Gasteiger partial charge in [-0.3, -0.25) is 9.63 Å².